The predicted octanol–water partition coefficient (Wildman–Crippen LogP) is 5.05. The monoisotopic (exact) mass is 658 g/mol. The van der Waals surface area contributed by atoms with Crippen LogP contribution in [0.2, 0.25) is 0 Å². The number of piperidine rings is 1. The Morgan fingerprint density at radius 1 is 0.891 bits per heavy atom. The van der Waals surface area contributed by atoms with Gasteiger partial charge < -0.3 is 25.0 Å². The molecular formula is C32H36F2N4O7S. The normalized spacial score (nSPS) is 13.9. The summed E-state index contributed by atoms with van der Waals surface area (Å²) in [6.07, 6.45) is 1.06. The van der Waals surface area contributed by atoms with Gasteiger partial charge in [-0.05, 0) is 100 Å². The Morgan fingerprint density at radius 3 is 2.15 bits per heavy atom. The summed E-state index contributed by atoms with van der Waals surface area (Å²) in [6.45, 7) is 6.61. The Balaban J connectivity index is 1.26. The Hall–Kier alpha value is -4.72. The molecule has 246 valence electrons. The van der Waals surface area contributed by atoms with Crippen molar-refractivity contribution in [3.63, 3.8) is 0 Å². The molecule has 4 rings (SSSR count). The number of hydrogen-bond donors (Lipinski definition) is 3. The highest BCUT2D eigenvalue weighted by molar-refractivity contribution is 7.92. The molecule has 1 fully saturated rings. The number of likely N-dealkylation sites (tertiary alicyclic amines) is 1. The van der Waals surface area contributed by atoms with Gasteiger partial charge in [0.2, 0.25) is 5.91 Å². The topological polar surface area (TPSA) is 143 Å². The molecule has 11 nitrogen and oxygen atoms in total. The van der Waals surface area contributed by atoms with Crippen molar-refractivity contribution >= 4 is 33.6 Å². The maximum absolute atomic E-state index is 14.0. The molecule has 0 unspecified atom stereocenters. The van der Waals surface area contributed by atoms with Crippen LogP contribution in [-0.4, -0.2) is 63.0 Å². The number of halogens is 2. The van der Waals surface area contributed by atoms with Crippen LogP contribution in [0.4, 0.5) is 19.3 Å². The molecule has 0 aromatic heterocycles. The van der Waals surface area contributed by atoms with Crippen LogP contribution in [0.5, 0.6) is 11.5 Å². The Labute approximate surface area is 266 Å². The van der Waals surface area contributed by atoms with E-state index < -0.39 is 33.2 Å². The average Bonchev–Trinajstić information content (AvgIpc) is 3.00. The highest BCUT2D eigenvalue weighted by atomic mass is 32.2. The van der Waals surface area contributed by atoms with Gasteiger partial charge in [0.1, 0.15) is 23.0 Å². The van der Waals surface area contributed by atoms with Crippen LogP contribution in [-0.2, 0) is 19.6 Å². The molecule has 14 heteroatoms. The second-order valence-corrected chi connectivity index (χ2v) is 13.4. The molecular weight excluding hydrogens is 622 g/mol. The fourth-order valence-electron chi connectivity index (χ4n) is 4.52. The molecule has 1 aliphatic heterocycles. The number of sulfonamides is 1. The molecule has 0 aliphatic carbocycles. The number of rotatable bonds is 10. The average molecular weight is 659 g/mol. The van der Waals surface area contributed by atoms with Crippen LogP contribution >= 0.6 is 0 Å². The van der Waals surface area contributed by atoms with Gasteiger partial charge in [-0.15, -0.1) is 0 Å². The largest absolute Gasteiger partial charge is 0.455 e. The van der Waals surface area contributed by atoms with Crippen LogP contribution < -0.4 is 20.1 Å². The number of ether oxygens (including phenoxy) is 2. The van der Waals surface area contributed by atoms with Crippen molar-refractivity contribution in [3.8, 4) is 11.5 Å². The first kappa shape index (κ1) is 34.2. The second-order valence-electron chi connectivity index (χ2n) is 11.7. The summed E-state index contributed by atoms with van der Waals surface area (Å²) in [5, 5.41) is 5.29. The molecule has 3 aromatic carbocycles. The molecule has 0 radical (unpaired) electrons. The molecule has 3 aromatic rings. The van der Waals surface area contributed by atoms with Crippen molar-refractivity contribution in [1.29, 1.82) is 0 Å². The molecule has 0 atom stereocenters. The first-order valence-corrected chi connectivity index (χ1v) is 16.1. The molecule has 3 N–H and O–H groups in total. The number of carbonyl (C=O) groups excluding carboxylic acids is 3. The van der Waals surface area contributed by atoms with Crippen LogP contribution in [0.3, 0.4) is 0 Å². The lowest BCUT2D eigenvalue weighted by Gasteiger charge is -2.33. The van der Waals surface area contributed by atoms with E-state index in [0.29, 0.717) is 32.5 Å². The van der Waals surface area contributed by atoms with Gasteiger partial charge in [0.05, 0.1) is 17.1 Å². The summed E-state index contributed by atoms with van der Waals surface area (Å²) in [7, 11) is -4.24. The van der Waals surface area contributed by atoms with E-state index in [0.717, 1.165) is 24.3 Å². The smallest absolute Gasteiger partial charge is 0.410 e. The minimum Gasteiger partial charge on any atom is -0.455 e. The maximum atomic E-state index is 14.0. The number of hydrogen-bond acceptors (Lipinski definition) is 7. The van der Waals surface area contributed by atoms with Gasteiger partial charge in [-0.3, -0.25) is 14.3 Å². The van der Waals surface area contributed by atoms with Crippen LogP contribution in [0.25, 0.3) is 0 Å². The molecule has 1 saturated heterocycles. The maximum Gasteiger partial charge on any atom is 0.410 e. The minimum absolute atomic E-state index is 0.0166. The van der Waals surface area contributed by atoms with E-state index in [-0.39, 0.29) is 52.1 Å². The summed E-state index contributed by atoms with van der Waals surface area (Å²) in [4.78, 5) is 38.6. The van der Waals surface area contributed by atoms with Gasteiger partial charge >= 0.3 is 6.09 Å². The molecule has 46 heavy (non-hydrogen) atoms. The summed E-state index contributed by atoms with van der Waals surface area (Å²) >= 11 is 0. The number of carbonyl (C=O) groups is 3. The quantitative estimate of drug-likeness (QED) is 0.277. The number of nitrogens with zero attached hydrogens (tertiary/aromatic N) is 1. The van der Waals surface area contributed by atoms with E-state index in [1.165, 1.54) is 42.5 Å². The molecule has 3 amide bonds. The lowest BCUT2D eigenvalue weighted by Crippen LogP contribution is -2.44. The van der Waals surface area contributed by atoms with Crippen molar-refractivity contribution < 1.29 is 41.1 Å². The zero-order valence-corrected chi connectivity index (χ0v) is 26.5. The standard InChI is InChI=1S/C32H36F2N4O7S/c1-32(2,3)45-31(41)38-16-14-21(15-17-38)19-35-29(39)20-36-30(40)22-4-11-26(12-5-22)46(42,43)37-27-18-24(34)8-13-28(27)44-25-9-6-23(33)7-10-25/h4-13,18,21,37H,14-17,19-20H2,1-3H3,(H,35,39)(H,36,40). The summed E-state index contributed by atoms with van der Waals surface area (Å²) in [5.74, 6) is -1.81. The highest BCUT2D eigenvalue weighted by Gasteiger charge is 2.27. The van der Waals surface area contributed by atoms with Gasteiger partial charge in [-0.2, -0.15) is 0 Å². The first-order valence-electron chi connectivity index (χ1n) is 14.6. The Morgan fingerprint density at radius 2 is 1.52 bits per heavy atom. The highest BCUT2D eigenvalue weighted by Crippen LogP contribution is 2.32. The SMILES string of the molecule is CC(C)(C)OC(=O)N1CCC(CNC(=O)CNC(=O)c2ccc(S(=O)(=O)Nc3cc(F)ccc3Oc3ccc(F)cc3)cc2)CC1. The van der Waals surface area contributed by atoms with E-state index in [1.54, 1.807) is 4.90 Å². The first-order chi connectivity index (χ1) is 21.7. The third-order valence-electron chi connectivity index (χ3n) is 6.92. The molecule has 0 spiro atoms. The van der Waals surface area contributed by atoms with Crippen molar-refractivity contribution in [2.45, 2.75) is 44.1 Å². The number of benzene rings is 3. The molecule has 1 aliphatic rings. The summed E-state index contributed by atoms with van der Waals surface area (Å²) in [5.41, 5.74) is -0.639. The van der Waals surface area contributed by atoms with Crippen LogP contribution in [0.1, 0.15) is 44.0 Å². The molecule has 1 heterocycles. The van der Waals surface area contributed by atoms with Crippen molar-refractivity contribution in [2.24, 2.45) is 5.92 Å². The van der Waals surface area contributed by atoms with Gasteiger partial charge in [-0.1, -0.05) is 0 Å². The number of nitrogens with one attached hydrogen (secondary N) is 3. The van der Waals surface area contributed by atoms with Gasteiger partial charge in [0, 0.05) is 31.3 Å². The lowest BCUT2D eigenvalue weighted by atomic mass is 9.97. The summed E-state index contributed by atoms with van der Waals surface area (Å²) < 4.78 is 66.6. The van der Waals surface area contributed by atoms with E-state index in [2.05, 4.69) is 15.4 Å². The second kappa shape index (κ2) is 14.6. The van der Waals surface area contributed by atoms with E-state index >= 15 is 0 Å². The Kier molecular flexibility index (Phi) is 10.8. The third kappa shape index (κ3) is 9.89. The third-order valence-corrected chi connectivity index (χ3v) is 8.30. The fourth-order valence-corrected chi connectivity index (χ4v) is 5.58. The van der Waals surface area contributed by atoms with Crippen LogP contribution in [0.15, 0.2) is 71.6 Å². The van der Waals surface area contributed by atoms with Crippen molar-refractivity contribution in [1.82, 2.24) is 15.5 Å². The van der Waals surface area contributed by atoms with Gasteiger partial charge in [0.25, 0.3) is 15.9 Å². The van der Waals surface area contributed by atoms with E-state index in [9.17, 15) is 31.6 Å². The molecule has 0 saturated carbocycles. The minimum atomic E-state index is -4.24. The summed E-state index contributed by atoms with van der Waals surface area (Å²) in [6, 6.07) is 13.2. The Bertz CT molecular complexity index is 1650. The van der Waals surface area contributed by atoms with Crippen molar-refractivity contribution in [3.05, 3.63) is 83.9 Å². The fraction of sp³-hybridized carbons (Fsp3) is 0.344. The number of anilines is 1. The van der Waals surface area contributed by atoms with Gasteiger partial charge in [-0.25, -0.2) is 22.0 Å². The van der Waals surface area contributed by atoms with Gasteiger partial charge in [0.15, 0.2) is 5.75 Å². The predicted molar refractivity (Wildman–Crippen MR) is 166 cm³/mol. The number of amides is 3. The van der Waals surface area contributed by atoms with E-state index in [4.69, 9.17) is 9.47 Å². The van der Waals surface area contributed by atoms with Crippen LogP contribution in [0, 0.1) is 17.6 Å². The zero-order chi connectivity index (χ0) is 33.5. The van der Waals surface area contributed by atoms with Crippen molar-refractivity contribution in [2.75, 3.05) is 30.9 Å². The lowest BCUT2D eigenvalue weighted by molar-refractivity contribution is -0.120. The molecule has 0 bridgehead atoms. The zero-order valence-electron chi connectivity index (χ0n) is 25.6. The van der Waals surface area contributed by atoms with E-state index in [1.807, 2.05) is 20.8 Å².